The van der Waals surface area contributed by atoms with Crippen molar-refractivity contribution in [1.82, 2.24) is 15.1 Å². The van der Waals surface area contributed by atoms with Crippen LogP contribution in [0.25, 0.3) is 0 Å². The van der Waals surface area contributed by atoms with Crippen molar-refractivity contribution in [3.8, 4) is 0 Å². The first-order chi connectivity index (χ1) is 18.0. The molecule has 2 atom stereocenters. The summed E-state index contributed by atoms with van der Waals surface area (Å²) in [7, 11) is 0. The Morgan fingerprint density at radius 2 is 1.74 bits per heavy atom. The summed E-state index contributed by atoms with van der Waals surface area (Å²) < 4.78 is 5.83. The zero-order chi connectivity index (χ0) is 27.5. The lowest BCUT2D eigenvalue weighted by atomic mass is 9.84. The van der Waals surface area contributed by atoms with Gasteiger partial charge in [-0.05, 0) is 31.9 Å². The van der Waals surface area contributed by atoms with Crippen molar-refractivity contribution >= 4 is 23.5 Å². The highest BCUT2D eigenvalue weighted by Crippen LogP contribution is 2.34. The number of amides is 3. The fourth-order valence-corrected chi connectivity index (χ4v) is 5.00. The molecule has 2 heterocycles. The Labute approximate surface area is 223 Å². The third-order valence-corrected chi connectivity index (χ3v) is 7.21. The molecule has 202 valence electrons. The molecule has 2 aromatic carbocycles. The zero-order valence-electron chi connectivity index (χ0n) is 22.2. The number of carbonyl (C=O) groups is 4. The van der Waals surface area contributed by atoms with E-state index in [2.05, 4.69) is 5.32 Å². The lowest BCUT2D eigenvalue weighted by molar-refractivity contribution is -0.149. The largest absolute Gasteiger partial charge is 0.374 e. The molecule has 2 aliphatic heterocycles. The van der Waals surface area contributed by atoms with Crippen LogP contribution in [0.1, 0.15) is 37.0 Å². The summed E-state index contributed by atoms with van der Waals surface area (Å²) in [5.74, 6) is -1.26. The van der Waals surface area contributed by atoms with Crippen LogP contribution >= 0.6 is 0 Å². The number of nitrogens with zero attached hydrogens (tertiary/aromatic N) is 2. The second-order valence-corrected chi connectivity index (χ2v) is 10.8. The molecule has 0 spiro atoms. The second kappa shape index (κ2) is 11.0. The number of nitrogens with two attached hydrogens (primary N) is 1. The molecule has 2 fully saturated rings. The number of benzene rings is 2. The Hall–Kier alpha value is -3.56. The maximum absolute atomic E-state index is 13.8. The normalized spacial score (nSPS) is 20.3. The summed E-state index contributed by atoms with van der Waals surface area (Å²) in [6.45, 7) is 5.87. The van der Waals surface area contributed by atoms with E-state index in [0.29, 0.717) is 6.42 Å². The highest BCUT2D eigenvalue weighted by Gasteiger charge is 2.56. The molecule has 9 nitrogen and oxygen atoms in total. The molecule has 9 heteroatoms. The van der Waals surface area contributed by atoms with Gasteiger partial charge in [0.15, 0.2) is 5.78 Å². The maximum atomic E-state index is 13.8. The molecule has 2 saturated heterocycles. The van der Waals surface area contributed by atoms with Crippen LogP contribution in [0.5, 0.6) is 0 Å². The van der Waals surface area contributed by atoms with Crippen LogP contribution in [0.3, 0.4) is 0 Å². The standard InChI is InChI=1S/C29H36N4O5/c1-20-9-11-21(12-10-20)16-29-19-32(13-14-33(29)25(35)15-24(29)34)26(36)23(31-27(37)28(2,3)30)18-38-17-22-7-5-4-6-8-22/h4-12,23H,13-19,30H2,1-3H3,(H,31,37)/t23-,29+/m1/s1. The lowest BCUT2D eigenvalue weighted by Gasteiger charge is -2.46. The minimum Gasteiger partial charge on any atom is -0.374 e. The van der Waals surface area contributed by atoms with Crippen LogP contribution in [-0.4, -0.2) is 76.7 Å². The first-order valence-electron chi connectivity index (χ1n) is 12.9. The maximum Gasteiger partial charge on any atom is 0.247 e. The molecule has 0 aliphatic carbocycles. The Balaban J connectivity index is 1.55. The summed E-state index contributed by atoms with van der Waals surface area (Å²) in [5, 5.41) is 2.74. The van der Waals surface area contributed by atoms with Gasteiger partial charge in [0.1, 0.15) is 11.6 Å². The summed E-state index contributed by atoms with van der Waals surface area (Å²) in [4.78, 5) is 55.7. The van der Waals surface area contributed by atoms with Crippen LogP contribution in [0.4, 0.5) is 0 Å². The van der Waals surface area contributed by atoms with E-state index >= 15 is 0 Å². The number of nitrogens with one attached hydrogen (secondary N) is 1. The summed E-state index contributed by atoms with van der Waals surface area (Å²) in [6.07, 6.45) is 0.147. The number of hydrogen-bond acceptors (Lipinski definition) is 6. The molecule has 0 bridgehead atoms. The van der Waals surface area contributed by atoms with E-state index in [-0.39, 0.29) is 56.9 Å². The Bertz CT molecular complexity index is 1190. The van der Waals surface area contributed by atoms with Gasteiger partial charge in [0.25, 0.3) is 0 Å². The second-order valence-electron chi connectivity index (χ2n) is 10.8. The average Bonchev–Trinajstić information content (AvgIpc) is 3.12. The number of Topliss-reactive ketones (excluding diaryl/α,β-unsaturated/α-hetero) is 1. The van der Waals surface area contributed by atoms with Crippen LogP contribution < -0.4 is 11.1 Å². The first kappa shape index (κ1) is 27.5. The molecule has 3 amide bonds. The number of ketones is 1. The van der Waals surface area contributed by atoms with E-state index < -0.39 is 23.0 Å². The van der Waals surface area contributed by atoms with Gasteiger partial charge in [-0.2, -0.15) is 0 Å². The molecular formula is C29H36N4O5. The quantitative estimate of drug-likeness (QED) is 0.482. The molecule has 3 N–H and O–H groups in total. The fourth-order valence-electron chi connectivity index (χ4n) is 5.00. The van der Waals surface area contributed by atoms with Crippen molar-refractivity contribution in [2.45, 2.75) is 57.3 Å². The SMILES string of the molecule is Cc1ccc(C[C@@]23CN(C(=O)[C@@H](COCc4ccccc4)NC(=O)C(C)(C)N)CCN2C(=O)CC3=O)cc1. The van der Waals surface area contributed by atoms with E-state index in [0.717, 1.165) is 16.7 Å². The third kappa shape index (κ3) is 5.95. The summed E-state index contributed by atoms with van der Waals surface area (Å²) >= 11 is 0. The minimum absolute atomic E-state index is 0.0569. The third-order valence-electron chi connectivity index (χ3n) is 7.21. The van der Waals surface area contributed by atoms with Gasteiger partial charge in [-0.15, -0.1) is 0 Å². The predicted molar refractivity (Wildman–Crippen MR) is 142 cm³/mol. The number of ether oxygens (including phenoxy) is 1. The summed E-state index contributed by atoms with van der Waals surface area (Å²) in [5.41, 5.74) is 6.59. The number of rotatable bonds is 9. The number of fused-ring (bicyclic) bond motifs is 1. The highest BCUT2D eigenvalue weighted by molar-refractivity contribution is 6.11. The van der Waals surface area contributed by atoms with E-state index in [1.165, 1.54) is 0 Å². The zero-order valence-corrected chi connectivity index (χ0v) is 22.2. The van der Waals surface area contributed by atoms with Gasteiger partial charge in [0, 0.05) is 19.5 Å². The van der Waals surface area contributed by atoms with Gasteiger partial charge in [-0.25, -0.2) is 0 Å². The number of aryl methyl sites for hydroxylation is 1. The van der Waals surface area contributed by atoms with Crippen molar-refractivity contribution in [3.63, 3.8) is 0 Å². The topological polar surface area (TPSA) is 122 Å². The minimum atomic E-state index is -1.20. The van der Waals surface area contributed by atoms with Gasteiger partial charge in [-0.3, -0.25) is 19.2 Å². The van der Waals surface area contributed by atoms with Crippen molar-refractivity contribution in [2.24, 2.45) is 5.73 Å². The van der Waals surface area contributed by atoms with Crippen LogP contribution in [0.2, 0.25) is 0 Å². The highest BCUT2D eigenvalue weighted by atomic mass is 16.5. The first-order valence-corrected chi connectivity index (χ1v) is 12.9. The molecule has 0 radical (unpaired) electrons. The molecule has 0 unspecified atom stereocenters. The number of carbonyl (C=O) groups excluding carboxylic acids is 4. The molecule has 0 saturated carbocycles. The number of hydrogen-bond donors (Lipinski definition) is 2. The average molecular weight is 521 g/mol. The molecular weight excluding hydrogens is 484 g/mol. The van der Waals surface area contributed by atoms with Gasteiger partial charge < -0.3 is 25.6 Å². The van der Waals surface area contributed by atoms with Crippen molar-refractivity contribution in [1.29, 1.82) is 0 Å². The smallest absolute Gasteiger partial charge is 0.247 e. The van der Waals surface area contributed by atoms with E-state index in [1.807, 2.05) is 61.5 Å². The Kier molecular flexibility index (Phi) is 7.99. The van der Waals surface area contributed by atoms with Gasteiger partial charge >= 0.3 is 0 Å². The van der Waals surface area contributed by atoms with Gasteiger partial charge in [-0.1, -0.05) is 60.2 Å². The van der Waals surface area contributed by atoms with E-state index in [9.17, 15) is 19.2 Å². The van der Waals surface area contributed by atoms with Crippen LogP contribution in [-0.2, 0) is 36.9 Å². The lowest BCUT2D eigenvalue weighted by Crippen LogP contribution is -2.67. The Morgan fingerprint density at radius 3 is 2.39 bits per heavy atom. The van der Waals surface area contributed by atoms with Crippen LogP contribution in [0, 0.1) is 6.92 Å². The van der Waals surface area contributed by atoms with Crippen molar-refractivity contribution < 1.29 is 23.9 Å². The predicted octanol–water partition coefficient (Wildman–Crippen LogP) is 1.36. The number of piperazine rings is 1. The Morgan fingerprint density at radius 1 is 1.05 bits per heavy atom. The molecule has 4 rings (SSSR count). The van der Waals surface area contributed by atoms with Gasteiger partial charge in [0.2, 0.25) is 17.7 Å². The molecule has 0 aromatic heterocycles. The van der Waals surface area contributed by atoms with Crippen LogP contribution in [0.15, 0.2) is 54.6 Å². The summed E-state index contributed by atoms with van der Waals surface area (Å²) in [6, 6.07) is 16.3. The van der Waals surface area contributed by atoms with E-state index in [4.69, 9.17) is 10.5 Å². The van der Waals surface area contributed by atoms with E-state index in [1.54, 1.807) is 23.6 Å². The fraction of sp³-hybridized carbons (Fsp3) is 0.448. The monoisotopic (exact) mass is 520 g/mol. The molecule has 2 aliphatic rings. The van der Waals surface area contributed by atoms with Crippen molar-refractivity contribution in [3.05, 3.63) is 71.3 Å². The van der Waals surface area contributed by atoms with Gasteiger partial charge in [0.05, 0.1) is 31.7 Å². The van der Waals surface area contributed by atoms with Crippen molar-refractivity contribution in [2.75, 3.05) is 26.2 Å². The molecule has 2 aromatic rings. The molecule has 38 heavy (non-hydrogen) atoms.